The van der Waals surface area contributed by atoms with Gasteiger partial charge in [-0.25, -0.2) is 13.4 Å². The summed E-state index contributed by atoms with van der Waals surface area (Å²) in [5, 5.41) is 8.16. The largest absolute Gasteiger partial charge is 0.415 e. The van der Waals surface area contributed by atoms with Crippen LogP contribution in [-0.4, -0.2) is 59.9 Å². The van der Waals surface area contributed by atoms with Crippen LogP contribution in [0.4, 0.5) is 0 Å². The molecule has 0 aliphatic heterocycles. The van der Waals surface area contributed by atoms with Crippen molar-refractivity contribution in [3.63, 3.8) is 0 Å². The summed E-state index contributed by atoms with van der Waals surface area (Å²) in [5.74, 6) is 0.724. The van der Waals surface area contributed by atoms with Gasteiger partial charge in [0.1, 0.15) is 5.69 Å². The lowest BCUT2D eigenvalue weighted by atomic mass is 10.1. The van der Waals surface area contributed by atoms with Gasteiger partial charge in [-0.05, 0) is 38.4 Å². The van der Waals surface area contributed by atoms with Crippen LogP contribution < -0.4 is 0 Å². The van der Waals surface area contributed by atoms with E-state index in [0.29, 0.717) is 23.8 Å². The molecule has 31 heavy (non-hydrogen) atoms. The van der Waals surface area contributed by atoms with E-state index in [0.717, 1.165) is 11.1 Å². The minimum absolute atomic E-state index is 0.0650. The maximum atomic E-state index is 12.5. The maximum absolute atomic E-state index is 12.5. The molecule has 0 bridgehead atoms. The molecule has 2 aromatic heterocycles. The van der Waals surface area contributed by atoms with Gasteiger partial charge in [-0.15, -0.1) is 10.2 Å². The van der Waals surface area contributed by atoms with Crippen LogP contribution in [0.3, 0.4) is 0 Å². The Morgan fingerprint density at radius 1 is 0.839 bits per heavy atom. The first kappa shape index (κ1) is 20.8. The summed E-state index contributed by atoms with van der Waals surface area (Å²) < 4.78 is 30.7. The Hall–Kier alpha value is -3.43. The smallest absolute Gasteiger partial charge is 0.268 e. The third-order valence-electron chi connectivity index (χ3n) is 4.62. The molecule has 0 aliphatic carbocycles. The van der Waals surface area contributed by atoms with Crippen molar-refractivity contribution in [2.45, 2.75) is 4.90 Å². The van der Waals surface area contributed by atoms with Crippen LogP contribution in [0.15, 0.2) is 76.3 Å². The van der Waals surface area contributed by atoms with E-state index in [1.165, 1.54) is 0 Å². The lowest BCUT2D eigenvalue weighted by Crippen LogP contribution is -2.21. The van der Waals surface area contributed by atoms with Crippen LogP contribution in [-0.2, 0) is 9.84 Å². The van der Waals surface area contributed by atoms with E-state index in [1.54, 1.807) is 36.7 Å². The fraction of sp³-hybridized carbons (Fsp3) is 0.182. The number of rotatable bonds is 7. The van der Waals surface area contributed by atoms with E-state index in [1.807, 2.05) is 49.3 Å². The summed E-state index contributed by atoms with van der Waals surface area (Å²) in [6.45, 7) is 0.465. The summed E-state index contributed by atoms with van der Waals surface area (Å²) in [4.78, 5) is 10.9. The van der Waals surface area contributed by atoms with Crippen LogP contribution in [0, 0.1) is 0 Å². The molecular weight excluding hydrogens is 414 g/mol. The van der Waals surface area contributed by atoms with Gasteiger partial charge in [0.25, 0.3) is 5.89 Å². The Morgan fingerprint density at radius 2 is 1.52 bits per heavy atom. The first-order valence-corrected chi connectivity index (χ1v) is 11.3. The van der Waals surface area contributed by atoms with E-state index >= 15 is 0 Å². The number of hydrogen-bond donors (Lipinski definition) is 0. The fourth-order valence-corrected chi connectivity index (χ4v) is 4.28. The van der Waals surface area contributed by atoms with Gasteiger partial charge in [0.15, 0.2) is 9.84 Å². The second-order valence-corrected chi connectivity index (χ2v) is 9.32. The van der Waals surface area contributed by atoms with E-state index < -0.39 is 9.84 Å². The number of sulfone groups is 1. The molecule has 4 rings (SSSR count). The van der Waals surface area contributed by atoms with Crippen LogP contribution in [0.2, 0.25) is 0 Å². The Kier molecular flexibility index (Phi) is 5.88. The van der Waals surface area contributed by atoms with Gasteiger partial charge in [0.05, 0.1) is 28.7 Å². The number of aromatic nitrogens is 4. The standard InChI is InChI=1S/C22H21N5O3S/c1-27(2)12-13-31(28,29)18-10-8-16(9-11-18)19-14-23-15-20(24-19)22-26-25-21(30-22)17-6-4-3-5-7-17/h3-11,14-15H,12-13H2,1-2H3. The third-order valence-corrected chi connectivity index (χ3v) is 6.33. The average molecular weight is 436 g/mol. The summed E-state index contributed by atoms with van der Waals surface area (Å²) in [6, 6.07) is 16.1. The van der Waals surface area contributed by atoms with Gasteiger partial charge >= 0.3 is 0 Å². The van der Waals surface area contributed by atoms with Crippen molar-refractivity contribution in [1.29, 1.82) is 0 Å². The molecule has 0 saturated heterocycles. The molecule has 2 heterocycles. The van der Waals surface area contributed by atoms with Crippen molar-refractivity contribution in [2.75, 3.05) is 26.4 Å². The molecule has 0 unspecified atom stereocenters. The molecule has 0 spiro atoms. The molecule has 0 aliphatic rings. The van der Waals surface area contributed by atoms with Crippen molar-refractivity contribution in [3.8, 4) is 34.3 Å². The Balaban J connectivity index is 1.57. The molecule has 0 radical (unpaired) electrons. The predicted molar refractivity (Wildman–Crippen MR) is 117 cm³/mol. The molecule has 0 saturated carbocycles. The quantitative estimate of drug-likeness (QED) is 0.436. The fourth-order valence-electron chi connectivity index (χ4n) is 2.89. The normalized spacial score (nSPS) is 11.7. The van der Waals surface area contributed by atoms with Crippen molar-refractivity contribution < 1.29 is 12.8 Å². The topological polar surface area (TPSA) is 102 Å². The van der Waals surface area contributed by atoms with E-state index in [2.05, 4.69) is 20.2 Å². The van der Waals surface area contributed by atoms with Crippen molar-refractivity contribution in [3.05, 3.63) is 67.0 Å². The van der Waals surface area contributed by atoms with E-state index in [9.17, 15) is 8.42 Å². The van der Waals surface area contributed by atoms with Crippen molar-refractivity contribution >= 4 is 9.84 Å². The lowest BCUT2D eigenvalue weighted by molar-refractivity contribution is 0.432. The van der Waals surface area contributed by atoms with E-state index in [4.69, 9.17) is 4.42 Å². The van der Waals surface area contributed by atoms with Gasteiger partial charge in [-0.1, -0.05) is 30.3 Å². The summed E-state index contributed by atoms with van der Waals surface area (Å²) >= 11 is 0. The molecular formula is C22H21N5O3S. The Morgan fingerprint density at radius 3 is 2.23 bits per heavy atom. The molecule has 0 N–H and O–H groups in total. The van der Waals surface area contributed by atoms with Gasteiger partial charge < -0.3 is 9.32 Å². The number of nitrogens with zero attached hydrogens (tertiary/aromatic N) is 5. The van der Waals surface area contributed by atoms with Crippen LogP contribution in [0.1, 0.15) is 0 Å². The van der Waals surface area contributed by atoms with Gasteiger partial charge in [0, 0.05) is 17.7 Å². The van der Waals surface area contributed by atoms with Crippen LogP contribution in [0.25, 0.3) is 34.3 Å². The zero-order chi connectivity index (χ0) is 21.8. The third kappa shape index (κ3) is 4.84. The predicted octanol–water partition coefficient (Wildman–Crippen LogP) is 3.20. The molecule has 0 fully saturated rings. The second kappa shape index (κ2) is 8.75. The minimum Gasteiger partial charge on any atom is -0.415 e. The van der Waals surface area contributed by atoms with Gasteiger partial charge in [-0.2, -0.15) is 0 Å². The van der Waals surface area contributed by atoms with Crippen LogP contribution in [0.5, 0.6) is 0 Å². The minimum atomic E-state index is -3.34. The number of benzene rings is 2. The highest BCUT2D eigenvalue weighted by atomic mass is 32.2. The maximum Gasteiger partial charge on any atom is 0.268 e. The Bertz CT molecular complexity index is 1270. The summed E-state index contributed by atoms with van der Waals surface area (Å²) in [5.41, 5.74) is 2.57. The second-order valence-electron chi connectivity index (χ2n) is 7.21. The molecule has 158 valence electrons. The summed E-state index contributed by atoms with van der Waals surface area (Å²) in [7, 11) is 0.347. The van der Waals surface area contributed by atoms with Crippen molar-refractivity contribution in [2.24, 2.45) is 0 Å². The SMILES string of the molecule is CN(C)CCS(=O)(=O)c1ccc(-c2cncc(-c3nnc(-c4ccccc4)o3)n2)cc1. The average Bonchev–Trinajstić information content (AvgIpc) is 3.29. The van der Waals surface area contributed by atoms with Crippen LogP contribution >= 0.6 is 0 Å². The molecule has 0 atom stereocenters. The first-order chi connectivity index (χ1) is 14.9. The highest BCUT2D eigenvalue weighted by molar-refractivity contribution is 7.91. The Labute approximate surface area is 180 Å². The molecule has 8 nitrogen and oxygen atoms in total. The zero-order valence-corrected chi connectivity index (χ0v) is 18.0. The lowest BCUT2D eigenvalue weighted by Gasteiger charge is -2.10. The van der Waals surface area contributed by atoms with E-state index in [-0.39, 0.29) is 16.5 Å². The molecule has 4 aromatic rings. The highest BCUT2D eigenvalue weighted by Gasteiger charge is 2.16. The summed E-state index contributed by atoms with van der Waals surface area (Å²) in [6.07, 6.45) is 3.15. The van der Waals surface area contributed by atoms with Crippen molar-refractivity contribution in [1.82, 2.24) is 25.1 Å². The molecule has 2 aromatic carbocycles. The first-order valence-electron chi connectivity index (χ1n) is 9.62. The van der Waals surface area contributed by atoms with Gasteiger partial charge in [0.2, 0.25) is 5.89 Å². The molecule has 0 amide bonds. The molecule has 9 heteroatoms. The number of hydrogen-bond acceptors (Lipinski definition) is 8. The zero-order valence-electron chi connectivity index (χ0n) is 17.1. The monoisotopic (exact) mass is 435 g/mol. The van der Waals surface area contributed by atoms with Gasteiger partial charge in [-0.3, -0.25) is 4.98 Å². The highest BCUT2D eigenvalue weighted by Crippen LogP contribution is 2.25.